The second kappa shape index (κ2) is 8.44. The quantitative estimate of drug-likeness (QED) is 0.605. The van der Waals surface area contributed by atoms with Crippen LogP contribution in [0.4, 0.5) is 0 Å². The first kappa shape index (κ1) is 19.9. The lowest BCUT2D eigenvalue weighted by atomic mass is 9.86. The van der Waals surface area contributed by atoms with Crippen molar-refractivity contribution in [3.8, 4) is 5.75 Å². The van der Waals surface area contributed by atoms with Crippen LogP contribution in [-0.4, -0.2) is 39.5 Å². The lowest BCUT2D eigenvalue weighted by Crippen LogP contribution is -2.62. The second-order valence-corrected chi connectivity index (χ2v) is 8.03. The van der Waals surface area contributed by atoms with Crippen molar-refractivity contribution in [3.63, 3.8) is 0 Å². The highest BCUT2D eigenvalue weighted by Crippen LogP contribution is 2.36. The maximum atomic E-state index is 12.4. The van der Waals surface area contributed by atoms with E-state index in [1.54, 1.807) is 13.0 Å². The number of fused-ring (bicyclic) bond motifs is 1. The summed E-state index contributed by atoms with van der Waals surface area (Å²) in [5.41, 5.74) is 8.10. The van der Waals surface area contributed by atoms with Gasteiger partial charge >= 0.3 is 0 Å². The van der Waals surface area contributed by atoms with Crippen LogP contribution in [0.2, 0.25) is 0 Å². The van der Waals surface area contributed by atoms with E-state index in [0.717, 1.165) is 56.1 Å². The van der Waals surface area contributed by atoms with Gasteiger partial charge in [0.25, 0.3) is 0 Å². The number of Topliss-reactive ketones (excluding diaryl/α,β-unsaturated/α-hetero) is 1. The van der Waals surface area contributed by atoms with E-state index in [-0.39, 0.29) is 5.78 Å². The maximum Gasteiger partial charge on any atom is 0.164 e. The number of nitrogens with two attached hydrogens (primary N) is 1. The molecule has 1 aromatic carbocycles. The standard InChI is InChI=1S/C22H33N3O2/c1-3-4-5-6-11-22(23,16(2)26)25-12-9-17(10-13-25)20-15-24-21-8-7-18(27)14-19(20)21/h7-8,14-15,17,24,27H,3-6,9-13,23H2,1-2H3. The molecule has 0 saturated carbocycles. The number of piperidine rings is 1. The Bertz CT molecular complexity index is 777. The molecule has 5 nitrogen and oxygen atoms in total. The van der Waals surface area contributed by atoms with Crippen molar-refractivity contribution in [1.29, 1.82) is 0 Å². The number of likely N-dealkylation sites (tertiary alicyclic amines) is 1. The van der Waals surface area contributed by atoms with Gasteiger partial charge in [-0.2, -0.15) is 0 Å². The van der Waals surface area contributed by atoms with Gasteiger partial charge in [-0.25, -0.2) is 0 Å². The molecule has 1 fully saturated rings. The zero-order valence-electron chi connectivity index (χ0n) is 16.6. The molecule has 0 bridgehead atoms. The summed E-state index contributed by atoms with van der Waals surface area (Å²) in [7, 11) is 0. The molecule has 5 heteroatoms. The summed E-state index contributed by atoms with van der Waals surface area (Å²) in [6, 6.07) is 5.46. The minimum Gasteiger partial charge on any atom is -0.508 e. The number of carbonyl (C=O) groups is 1. The Morgan fingerprint density at radius 2 is 2.04 bits per heavy atom. The van der Waals surface area contributed by atoms with Gasteiger partial charge in [0.2, 0.25) is 0 Å². The van der Waals surface area contributed by atoms with E-state index in [1.165, 1.54) is 18.4 Å². The largest absolute Gasteiger partial charge is 0.508 e. The van der Waals surface area contributed by atoms with Crippen LogP contribution < -0.4 is 5.73 Å². The fourth-order valence-electron chi connectivity index (χ4n) is 4.44. The number of carbonyl (C=O) groups excluding carboxylic acids is 1. The molecule has 1 aliphatic rings. The van der Waals surface area contributed by atoms with Crippen LogP contribution in [0, 0.1) is 0 Å². The molecular weight excluding hydrogens is 338 g/mol. The molecule has 2 aromatic rings. The number of aromatic nitrogens is 1. The Morgan fingerprint density at radius 3 is 2.70 bits per heavy atom. The topological polar surface area (TPSA) is 82.4 Å². The highest BCUT2D eigenvalue weighted by molar-refractivity contribution is 5.86. The average molecular weight is 372 g/mol. The van der Waals surface area contributed by atoms with E-state index in [0.29, 0.717) is 11.7 Å². The Balaban J connectivity index is 1.67. The third-order valence-electron chi connectivity index (χ3n) is 6.22. The fraction of sp³-hybridized carbons (Fsp3) is 0.591. The van der Waals surface area contributed by atoms with Gasteiger partial charge in [-0.05, 0) is 62.3 Å². The highest BCUT2D eigenvalue weighted by atomic mass is 16.3. The number of unbranched alkanes of at least 4 members (excludes halogenated alkanes) is 3. The smallest absolute Gasteiger partial charge is 0.164 e. The lowest BCUT2D eigenvalue weighted by Gasteiger charge is -2.43. The zero-order chi connectivity index (χ0) is 19.4. The van der Waals surface area contributed by atoms with Crippen LogP contribution >= 0.6 is 0 Å². The number of nitrogens with zero attached hydrogens (tertiary/aromatic N) is 1. The number of benzene rings is 1. The SMILES string of the molecule is CCCCCCC(N)(C(C)=O)N1CCC(c2c[nH]c3ccc(O)cc23)CC1. The Hall–Kier alpha value is -1.85. The number of aromatic hydroxyl groups is 1. The molecule has 0 radical (unpaired) electrons. The fourth-order valence-corrected chi connectivity index (χ4v) is 4.44. The van der Waals surface area contributed by atoms with Crippen LogP contribution in [0.3, 0.4) is 0 Å². The zero-order valence-corrected chi connectivity index (χ0v) is 16.6. The molecule has 27 heavy (non-hydrogen) atoms. The van der Waals surface area contributed by atoms with Gasteiger partial charge in [0, 0.05) is 30.2 Å². The van der Waals surface area contributed by atoms with Gasteiger partial charge in [-0.1, -0.05) is 26.2 Å². The van der Waals surface area contributed by atoms with Crippen LogP contribution in [0.1, 0.15) is 70.3 Å². The van der Waals surface area contributed by atoms with Gasteiger partial charge in [0.15, 0.2) is 5.78 Å². The number of ketones is 1. The molecule has 1 unspecified atom stereocenters. The van der Waals surface area contributed by atoms with Crippen molar-refractivity contribution >= 4 is 16.7 Å². The minimum atomic E-state index is -0.822. The van der Waals surface area contributed by atoms with Crippen molar-refractivity contribution in [1.82, 2.24) is 9.88 Å². The van der Waals surface area contributed by atoms with E-state index >= 15 is 0 Å². The predicted molar refractivity (Wildman–Crippen MR) is 110 cm³/mol. The summed E-state index contributed by atoms with van der Waals surface area (Å²) < 4.78 is 0. The number of phenols is 1. The van der Waals surface area contributed by atoms with Gasteiger partial charge in [-0.3, -0.25) is 9.69 Å². The molecule has 1 aliphatic heterocycles. The number of hydrogen-bond acceptors (Lipinski definition) is 4. The third kappa shape index (κ3) is 4.19. The maximum absolute atomic E-state index is 12.4. The average Bonchev–Trinajstić information content (AvgIpc) is 3.08. The number of nitrogens with one attached hydrogen (secondary N) is 1. The van der Waals surface area contributed by atoms with Crippen LogP contribution in [0.15, 0.2) is 24.4 Å². The van der Waals surface area contributed by atoms with E-state index in [1.807, 2.05) is 12.1 Å². The molecule has 1 aromatic heterocycles. The molecule has 0 amide bonds. The van der Waals surface area contributed by atoms with E-state index in [9.17, 15) is 9.90 Å². The Labute approximate surface area is 161 Å². The van der Waals surface area contributed by atoms with E-state index < -0.39 is 5.66 Å². The van der Waals surface area contributed by atoms with Gasteiger partial charge in [0.05, 0.1) is 0 Å². The molecule has 2 heterocycles. The predicted octanol–water partition coefficient (Wildman–Crippen LogP) is 4.27. The van der Waals surface area contributed by atoms with Crippen molar-refractivity contribution in [3.05, 3.63) is 30.0 Å². The molecule has 0 spiro atoms. The second-order valence-electron chi connectivity index (χ2n) is 8.03. The van der Waals surface area contributed by atoms with Crippen molar-refractivity contribution in [2.24, 2.45) is 5.73 Å². The number of rotatable bonds is 8. The van der Waals surface area contributed by atoms with Crippen molar-refractivity contribution in [2.75, 3.05) is 13.1 Å². The van der Waals surface area contributed by atoms with Gasteiger partial charge < -0.3 is 15.8 Å². The summed E-state index contributed by atoms with van der Waals surface area (Å²) in [6.07, 6.45) is 9.29. The van der Waals surface area contributed by atoms with Gasteiger partial charge in [0.1, 0.15) is 11.4 Å². The van der Waals surface area contributed by atoms with Crippen LogP contribution in [-0.2, 0) is 4.79 Å². The number of aromatic amines is 1. The Morgan fingerprint density at radius 1 is 1.30 bits per heavy atom. The minimum absolute atomic E-state index is 0.0782. The first-order valence-corrected chi connectivity index (χ1v) is 10.3. The third-order valence-corrected chi connectivity index (χ3v) is 6.22. The number of H-pyrrole nitrogens is 1. The van der Waals surface area contributed by atoms with Gasteiger partial charge in [-0.15, -0.1) is 0 Å². The Kier molecular flexibility index (Phi) is 6.22. The monoisotopic (exact) mass is 371 g/mol. The van der Waals surface area contributed by atoms with Crippen molar-refractivity contribution in [2.45, 2.75) is 70.4 Å². The lowest BCUT2D eigenvalue weighted by molar-refractivity contribution is -0.130. The number of phenolic OH excluding ortho intramolecular Hbond substituents is 1. The summed E-state index contributed by atoms with van der Waals surface area (Å²) in [4.78, 5) is 17.9. The molecule has 1 saturated heterocycles. The van der Waals surface area contributed by atoms with Crippen LogP contribution in [0.25, 0.3) is 10.9 Å². The first-order valence-electron chi connectivity index (χ1n) is 10.3. The molecule has 3 rings (SSSR count). The van der Waals surface area contributed by atoms with Crippen LogP contribution in [0.5, 0.6) is 5.75 Å². The molecular formula is C22H33N3O2. The summed E-state index contributed by atoms with van der Waals surface area (Å²) in [6.45, 7) is 5.49. The van der Waals surface area contributed by atoms with E-state index in [4.69, 9.17) is 5.73 Å². The summed E-state index contributed by atoms with van der Waals surface area (Å²) in [5, 5.41) is 10.9. The first-order chi connectivity index (χ1) is 13.0. The summed E-state index contributed by atoms with van der Waals surface area (Å²) in [5.74, 6) is 0.799. The summed E-state index contributed by atoms with van der Waals surface area (Å²) >= 11 is 0. The van der Waals surface area contributed by atoms with E-state index in [2.05, 4.69) is 23.0 Å². The normalized spacial score (nSPS) is 18.6. The number of hydrogen-bond donors (Lipinski definition) is 3. The molecule has 4 N–H and O–H groups in total. The molecule has 148 valence electrons. The highest BCUT2D eigenvalue weighted by Gasteiger charge is 2.39. The molecule has 0 aliphatic carbocycles. The molecule has 1 atom stereocenters. The van der Waals surface area contributed by atoms with Crippen molar-refractivity contribution < 1.29 is 9.90 Å².